The van der Waals surface area contributed by atoms with Crippen molar-refractivity contribution in [1.29, 1.82) is 0 Å². The average molecular weight is 996 g/mol. The van der Waals surface area contributed by atoms with Gasteiger partial charge in [0.15, 0.2) is 9.84 Å². The molecule has 0 spiro atoms. The Morgan fingerprint density at radius 1 is 0.797 bits per heavy atom. The molecule has 15 N–H and O–H groups in total. The van der Waals surface area contributed by atoms with Crippen LogP contribution in [0.3, 0.4) is 0 Å². The second-order valence-electron chi connectivity index (χ2n) is 17.5. The second-order valence-corrected chi connectivity index (χ2v) is 19.8. The molecule has 1 aliphatic heterocycles. The smallest absolute Gasteiger partial charge is 0.245 e. The normalized spacial score (nSPS) is 22.8. The third-order valence-electron chi connectivity index (χ3n) is 11.1. The highest BCUT2D eigenvalue weighted by Gasteiger charge is 2.36. The van der Waals surface area contributed by atoms with Crippen LogP contribution in [0.5, 0.6) is 5.75 Å². The van der Waals surface area contributed by atoms with Crippen molar-refractivity contribution < 1.29 is 66.6 Å². The van der Waals surface area contributed by atoms with Gasteiger partial charge in [0.1, 0.15) is 42.2 Å². The number of amides is 10. The molecule has 1 aromatic carbocycles. The molecule has 1 aromatic rings. The van der Waals surface area contributed by atoms with Gasteiger partial charge in [-0.2, -0.15) is 0 Å². The number of nitrogens with one attached hydrogen (secondary N) is 7. The second kappa shape index (κ2) is 28.2. The minimum absolute atomic E-state index is 0.0751. The van der Waals surface area contributed by atoms with Crippen molar-refractivity contribution in [2.24, 2.45) is 29.0 Å². The lowest BCUT2D eigenvalue weighted by molar-refractivity contribution is -0.140. The van der Waals surface area contributed by atoms with Crippen molar-refractivity contribution in [3.8, 4) is 5.75 Å². The standard InChI is InChI=1S/C43H69N11O14S/c1-6-24(4)37-42(65)50-28(13-14-32(44)56)39(62)52-31(20-33(45)57)40(63)51-29(43(66)54(5)22-36(60)48-27(12-7-23(2)3)38(61)47-21-34(46)58)15-17-69(67,68)18-16-35(59)49-30(41(64)53-37)19-25-8-10-26(55)11-9-25/h8-11,23-24,27-31,35,37,49,55,59H,6-7,12-22H2,1-5H3,(H2,44,56)(H2,45,57)(H2,46,58)(H,47,61)(H,48,60)(H,50,65)(H,51,63)(H,52,62)(H,53,64)/t24-,27-,28-,29-,30+,31-,35?,37-/m0/s1. The molecule has 0 bridgehead atoms. The van der Waals surface area contributed by atoms with Crippen LogP contribution in [0.15, 0.2) is 24.3 Å². The molecule has 69 heavy (non-hydrogen) atoms. The number of hydrogen-bond acceptors (Lipinski definition) is 15. The first-order chi connectivity index (χ1) is 32.2. The van der Waals surface area contributed by atoms with Crippen molar-refractivity contribution in [2.75, 3.05) is 31.6 Å². The number of aliphatic hydroxyl groups is 1. The Balaban J connectivity index is 2.63. The van der Waals surface area contributed by atoms with Gasteiger partial charge in [-0.05, 0) is 61.6 Å². The van der Waals surface area contributed by atoms with Gasteiger partial charge in [0, 0.05) is 19.9 Å². The summed E-state index contributed by atoms with van der Waals surface area (Å²) in [6.07, 6.45) is -3.83. The Hall–Kier alpha value is -6.41. The summed E-state index contributed by atoms with van der Waals surface area (Å²) in [7, 11) is -3.07. The third-order valence-corrected chi connectivity index (χ3v) is 12.9. The van der Waals surface area contributed by atoms with E-state index in [9.17, 15) is 66.6 Å². The Bertz CT molecular complexity index is 2110. The summed E-state index contributed by atoms with van der Waals surface area (Å²) in [5.74, 6) is -11.7. The summed E-state index contributed by atoms with van der Waals surface area (Å²) in [4.78, 5) is 132. The molecule has 0 aromatic heterocycles. The Kier molecular flexibility index (Phi) is 24.0. The summed E-state index contributed by atoms with van der Waals surface area (Å²) in [6.45, 7) is 5.83. The van der Waals surface area contributed by atoms with E-state index in [0.29, 0.717) is 18.4 Å². The first-order valence-corrected chi connectivity index (χ1v) is 24.3. The molecule has 1 fully saturated rings. The molecule has 0 radical (unpaired) electrons. The summed E-state index contributed by atoms with van der Waals surface area (Å²) >= 11 is 0. The van der Waals surface area contributed by atoms with Crippen molar-refractivity contribution in [3.05, 3.63) is 29.8 Å². The van der Waals surface area contributed by atoms with Crippen LogP contribution in [0.1, 0.15) is 84.6 Å². The zero-order chi connectivity index (χ0) is 52.2. The highest BCUT2D eigenvalue weighted by Crippen LogP contribution is 2.16. The summed E-state index contributed by atoms with van der Waals surface area (Å²) in [5, 5.41) is 38.2. The van der Waals surface area contributed by atoms with E-state index in [1.165, 1.54) is 24.3 Å². The van der Waals surface area contributed by atoms with E-state index < -0.39 is 174 Å². The molecular weight excluding hydrogens is 927 g/mol. The SMILES string of the molecule is CC[C@H](C)[C@@H]1NC(=O)[C@@H](Cc2ccc(O)cc2)NC(O)CCS(=O)(=O)CC[C@@H](C(=O)N(C)CC(=O)N[C@@H](CCC(C)C)C(=O)NCC(N)=O)NC(=O)[C@H](CC(N)=O)NC(=O)[C@H](CCC(N)=O)NC1=O. The van der Waals surface area contributed by atoms with Crippen molar-refractivity contribution >= 4 is 68.9 Å². The zero-order valence-electron chi connectivity index (χ0n) is 39.6. The topological polar surface area (TPSA) is 411 Å². The van der Waals surface area contributed by atoms with Crippen molar-refractivity contribution in [2.45, 2.75) is 128 Å². The van der Waals surface area contributed by atoms with Crippen LogP contribution < -0.4 is 54.4 Å². The minimum atomic E-state index is -4.22. The van der Waals surface area contributed by atoms with E-state index in [1.54, 1.807) is 13.8 Å². The molecule has 0 saturated carbocycles. The van der Waals surface area contributed by atoms with E-state index in [2.05, 4.69) is 37.2 Å². The Labute approximate surface area is 400 Å². The number of sulfone groups is 1. The number of benzene rings is 1. The Morgan fingerprint density at radius 2 is 1.39 bits per heavy atom. The Morgan fingerprint density at radius 3 is 1.97 bits per heavy atom. The maximum absolute atomic E-state index is 14.1. The summed E-state index contributed by atoms with van der Waals surface area (Å²) in [5.41, 5.74) is 16.4. The molecule has 1 aliphatic rings. The predicted octanol–water partition coefficient (Wildman–Crippen LogP) is -4.47. The minimum Gasteiger partial charge on any atom is -0.508 e. The molecule has 1 unspecified atom stereocenters. The lowest BCUT2D eigenvalue weighted by atomic mass is 9.96. The average Bonchev–Trinajstić information content (AvgIpc) is 3.26. The van der Waals surface area contributed by atoms with Crippen LogP contribution in [0.2, 0.25) is 0 Å². The quantitative estimate of drug-likeness (QED) is 0.0622. The zero-order valence-corrected chi connectivity index (χ0v) is 40.4. The molecule has 1 saturated heterocycles. The monoisotopic (exact) mass is 995 g/mol. The molecule has 386 valence electrons. The third kappa shape index (κ3) is 21.6. The maximum atomic E-state index is 14.1. The van der Waals surface area contributed by atoms with Gasteiger partial charge in [0.25, 0.3) is 0 Å². The van der Waals surface area contributed by atoms with Gasteiger partial charge in [0.2, 0.25) is 59.1 Å². The van der Waals surface area contributed by atoms with Crippen LogP contribution >= 0.6 is 0 Å². The first kappa shape index (κ1) is 58.7. The number of carbonyl (C=O) groups excluding carboxylic acids is 10. The maximum Gasteiger partial charge on any atom is 0.245 e. The van der Waals surface area contributed by atoms with E-state index in [-0.39, 0.29) is 24.5 Å². The number of primary amides is 3. The van der Waals surface area contributed by atoms with Crippen molar-refractivity contribution in [3.63, 3.8) is 0 Å². The summed E-state index contributed by atoms with van der Waals surface area (Å²) < 4.78 is 27.1. The number of nitrogens with zero attached hydrogens (tertiary/aromatic N) is 1. The van der Waals surface area contributed by atoms with Crippen LogP contribution in [-0.4, -0.2) is 157 Å². The van der Waals surface area contributed by atoms with E-state index in [1.807, 2.05) is 13.8 Å². The lowest BCUT2D eigenvalue weighted by Crippen LogP contribution is -2.61. The molecule has 1 heterocycles. The first-order valence-electron chi connectivity index (χ1n) is 22.5. The molecule has 2 rings (SSSR count). The van der Waals surface area contributed by atoms with Gasteiger partial charge >= 0.3 is 0 Å². The van der Waals surface area contributed by atoms with Crippen LogP contribution in [-0.2, 0) is 64.2 Å². The molecule has 8 atom stereocenters. The number of aromatic hydroxyl groups is 1. The van der Waals surface area contributed by atoms with E-state index >= 15 is 0 Å². The van der Waals surface area contributed by atoms with Crippen LogP contribution in [0.25, 0.3) is 0 Å². The fourth-order valence-corrected chi connectivity index (χ4v) is 8.33. The van der Waals surface area contributed by atoms with Gasteiger partial charge < -0.3 is 64.2 Å². The predicted molar refractivity (Wildman–Crippen MR) is 248 cm³/mol. The fraction of sp³-hybridized carbons (Fsp3) is 0.628. The molecule has 0 aliphatic carbocycles. The van der Waals surface area contributed by atoms with Crippen molar-refractivity contribution in [1.82, 2.24) is 42.1 Å². The number of likely N-dealkylation sites (N-methyl/N-ethyl adjacent to an activating group) is 1. The van der Waals surface area contributed by atoms with E-state index in [0.717, 1.165) is 11.9 Å². The number of carbonyl (C=O) groups is 10. The highest BCUT2D eigenvalue weighted by molar-refractivity contribution is 7.91. The van der Waals surface area contributed by atoms with Gasteiger partial charge in [-0.15, -0.1) is 0 Å². The van der Waals surface area contributed by atoms with Gasteiger partial charge in [-0.3, -0.25) is 53.3 Å². The number of nitrogens with two attached hydrogens (primary N) is 3. The van der Waals surface area contributed by atoms with E-state index in [4.69, 9.17) is 17.2 Å². The van der Waals surface area contributed by atoms with Gasteiger partial charge in [0.05, 0.1) is 37.1 Å². The molecule has 25 nitrogen and oxygen atoms in total. The number of aliphatic hydroxyl groups excluding tert-OH is 1. The number of phenols is 1. The number of phenolic OH excluding ortho intramolecular Hbond substituents is 1. The van der Waals surface area contributed by atoms with Crippen LogP contribution in [0.4, 0.5) is 0 Å². The largest absolute Gasteiger partial charge is 0.508 e. The molecule has 10 amide bonds. The summed E-state index contributed by atoms with van der Waals surface area (Å²) in [6, 6.07) is -3.40. The van der Waals surface area contributed by atoms with Crippen LogP contribution in [0, 0.1) is 11.8 Å². The van der Waals surface area contributed by atoms with Gasteiger partial charge in [-0.1, -0.05) is 46.2 Å². The lowest BCUT2D eigenvalue weighted by Gasteiger charge is -2.30. The van der Waals surface area contributed by atoms with Gasteiger partial charge in [-0.25, -0.2) is 8.42 Å². The fourth-order valence-electron chi connectivity index (χ4n) is 6.95. The highest BCUT2D eigenvalue weighted by atomic mass is 32.2. The molecule has 26 heteroatoms. The number of hydrogen-bond donors (Lipinski definition) is 12. The molecular formula is C43H69N11O14S. The number of rotatable bonds is 19.